The van der Waals surface area contributed by atoms with Gasteiger partial charge in [-0.2, -0.15) is 5.26 Å². The summed E-state index contributed by atoms with van der Waals surface area (Å²) < 4.78 is 13.4. The van der Waals surface area contributed by atoms with Crippen molar-refractivity contribution in [3.63, 3.8) is 0 Å². The number of hydrogen-bond acceptors (Lipinski definition) is 3. The number of nitrogens with zero attached hydrogens (tertiary/aromatic N) is 2. The molecule has 15 heavy (non-hydrogen) atoms. The quantitative estimate of drug-likeness (QED) is 0.805. The van der Waals surface area contributed by atoms with Crippen LogP contribution < -0.4 is 5.32 Å². The van der Waals surface area contributed by atoms with Crippen molar-refractivity contribution < 1.29 is 4.39 Å². The molecule has 78 valence electrons. The Morgan fingerprint density at radius 3 is 3.00 bits per heavy atom. The van der Waals surface area contributed by atoms with Gasteiger partial charge in [-0.15, -0.1) is 0 Å². The van der Waals surface area contributed by atoms with Crippen LogP contribution in [0, 0.1) is 23.1 Å². The Kier molecular flexibility index (Phi) is 2.74. The number of halogens is 2. The van der Waals surface area contributed by atoms with Crippen molar-refractivity contribution in [3.05, 3.63) is 22.6 Å². The highest BCUT2D eigenvalue weighted by atomic mass is 35.5. The van der Waals surface area contributed by atoms with Crippen molar-refractivity contribution in [1.82, 2.24) is 4.98 Å². The number of hydrogen-bond donors (Lipinski definition) is 1. The number of nitrogens with one attached hydrogen (secondary N) is 1. The van der Waals surface area contributed by atoms with Gasteiger partial charge in [0.05, 0.1) is 5.56 Å². The van der Waals surface area contributed by atoms with E-state index in [9.17, 15) is 4.39 Å². The summed E-state index contributed by atoms with van der Waals surface area (Å²) in [7, 11) is 0. The highest BCUT2D eigenvalue weighted by Gasteiger charge is 2.21. The third kappa shape index (κ3) is 2.37. The molecule has 1 N–H and O–H groups in total. The molecule has 2 rings (SSSR count). The van der Waals surface area contributed by atoms with E-state index >= 15 is 0 Å². The van der Waals surface area contributed by atoms with Crippen LogP contribution in [0.1, 0.15) is 18.4 Å². The molecule has 0 atom stereocenters. The summed E-state index contributed by atoms with van der Waals surface area (Å²) >= 11 is 5.69. The van der Waals surface area contributed by atoms with E-state index in [1.54, 1.807) is 6.07 Å². The Labute approximate surface area is 91.9 Å². The van der Waals surface area contributed by atoms with Crippen molar-refractivity contribution in [2.75, 3.05) is 11.9 Å². The molecule has 0 bridgehead atoms. The fourth-order valence-corrected chi connectivity index (χ4v) is 1.41. The Morgan fingerprint density at radius 2 is 2.40 bits per heavy atom. The van der Waals surface area contributed by atoms with E-state index in [-0.39, 0.29) is 16.5 Å². The normalized spacial score (nSPS) is 14.7. The molecule has 0 saturated heterocycles. The van der Waals surface area contributed by atoms with Crippen LogP contribution in [0.15, 0.2) is 6.07 Å². The standard InChI is InChI=1S/C10H9ClFN3/c11-9-7(4-13)3-8(12)10(15-9)14-5-6-1-2-6/h3,6H,1-2,5H2,(H,14,15). The molecule has 1 heterocycles. The van der Waals surface area contributed by atoms with E-state index in [2.05, 4.69) is 10.3 Å². The van der Waals surface area contributed by atoms with Crippen molar-refractivity contribution in [2.24, 2.45) is 5.92 Å². The first-order valence-electron chi connectivity index (χ1n) is 4.70. The summed E-state index contributed by atoms with van der Waals surface area (Å²) in [6.07, 6.45) is 2.36. The molecule has 1 aliphatic rings. The molecule has 0 spiro atoms. The lowest BCUT2D eigenvalue weighted by Gasteiger charge is -2.06. The first-order chi connectivity index (χ1) is 7.20. The van der Waals surface area contributed by atoms with Crippen LogP contribution in [0.2, 0.25) is 5.15 Å². The highest BCUT2D eigenvalue weighted by Crippen LogP contribution is 2.29. The van der Waals surface area contributed by atoms with Crippen molar-refractivity contribution in [2.45, 2.75) is 12.8 Å². The Hall–Kier alpha value is -1.34. The highest BCUT2D eigenvalue weighted by molar-refractivity contribution is 6.30. The third-order valence-corrected chi connectivity index (χ3v) is 2.59. The largest absolute Gasteiger partial charge is 0.367 e. The monoisotopic (exact) mass is 225 g/mol. The Bertz CT molecular complexity index is 423. The molecule has 0 aliphatic heterocycles. The van der Waals surface area contributed by atoms with Gasteiger partial charge in [-0.1, -0.05) is 11.6 Å². The third-order valence-electron chi connectivity index (χ3n) is 2.31. The molecule has 0 unspecified atom stereocenters. The lowest BCUT2D eigenvalue weighted by atomic mass is 10.3. The SMILES string of the molecule is N#Cc1cc(F)c(NCC2CC2)nc1Cl. The van der Waals surface area contributed by atoms with Gasteiger partial charge in [-0.05, 0) is 24.8 Å². The van der Waals surface area contributed by atoms with E-state index in [0.29, 0.717) is 12.5 Å². The van der Waals surface area contributed by atoms with Crippen molar-refractivity contribution >= 4 is 17.4 Å². The van der Waals surface area contributed by atoms with Crippen LogP contribution in [0.4, 0.5) is 10.2 Å². The first-order valence-corrected chi connectivity index (χ1v) is 5.08. The summed E-state index contributed by atoms with van der Waals surface area (Å²) in [4.78, 5) is 3.80. The molecule has 1 fully saturated rings. The van der Waals surface area contributed by atoms with Gasteiger partial charge < -0.3 is 5.32 Å². The molecule has 1 aromatic heterocycles. The Balaban J connectivity index is 2.16. The summed E-state index contributed by atoms with van der Waals surface area (Å²) in [5, 5.41) is 11.5. The van der Waals surface area contributed by atoms with Gasteiger partial charge in [-0.3, -0.25) is 0 Å². The van der Waals surface area contributed by atoms with Crippen LogP contribution in [-0.2, 0) is 0 Å². The zero-order chi connectivity index (χ0) is 10.8. The fourth-order valence-electron chi connectivity index (χ4n) is 1.23. The lowest BCUT2D eigenvalue weighted by molar-refractivity contribution is 0.623. The van der Waals surface area contributed by atoms with Gasteiger partial charge in [-0.25, -0.2) is 9.37 Å². The zero-order valence-corrected chi connectivity index (χ0v) is 8.68. The van der Waals surface area contributed by atoms with E-state index in [1.807, 2.05) is 0 Å². The molecule has 1 aliphatic carbocycles. The zero-order valence-electron chi connectivity index (χ0n) is 7.93. The number of nitriles is 1. The van der Waals surface area contributed by atoms with Gasteiger partial charge in [0.1, 0.15) is 11.2 Å². The van der Waals surface area contributed by atoms with Crippen LogP contribution >= 0.6 is 11.6 Å². The predicted octanol–water partition coefficient (Wildman–Crippen LogP) is 2.57. The van der Waals surface area contributed by atoms with Gasteiger partial charge >= 0.3 is 0 Å². The number of pyridine rings is 1. The molecule has 1 aromatic rings. The van der Waals surface area contributed by atoms with E-state index in [1.165, 1.54) is 12.8 Å². The second-order valence-corrected chi connectivity index (χ2v) is 3.95. The van der Waals surface area contributed by atoms with Crippen molar-refractivity contribution in [1.29, 1.82) is 5.26 Å². The van der Waals surface area contributed by atoms with Crippen LogP contribution in [-0.4, -0.2) is 11.5 Å². The van der Waals surface area contributed by atoms with Crippen LogP contribution in [0.25, 0.3) is 0 Å². The molecule has 0 radical (unpaired) electrons. The van der Waals surface area contributed by atoms with E-state index < -0.39 is 5.82 Å². The number of aromatic nitrogens is 1. The molecular formula is C10H9ClFN3. The summed E-state index contributed by atoms with van der Waals surface area (Å²) in [6, 6.07) is 2.88. The fraction of sp³-hybridized carbons (Fsp3) is 0.400. The lowest BCUT2D eigenvalue weighted by Crippen LogP contribution is -2.07. The molecule has 1 saturated carbocycles. The second kappa shape index (κ2) is 4.03. The van der Waals surface area contributed by atoms with Gasteiger partial charge in [0, 0.05) is 6.54 Å². The number of anilines is 1. The molecular weight excluding hydrogens is 217 g/mol. The van der Waals surface area contributed by atoms with E-state index in [4.69, 9.17) is 16.9 Å². The number of rotatable bonds is 3. The maximum Gasteiger partial charge on any atom is 0.166 e. The molecule has 5 heteroatoms. The smallest absolute Gasteiger partial charge is 0.166 e. The maximum atomic E-state index is 13.4. The average Bonchev–Trinajstić information content (AvgIpc) is 3.02. The summed E-state index contributed by atoms with van der Waals surface area (Å²) in [6.45, 7) is 0.714. The summed E-state index contributed by atoms with van der Waals surface area (Å²) in [5.41, 5.74) is 0.0612. The van der Waals surface area contributed by atoms with E-state index in [0.717, 1.165) is 6.07 Å². The average molecular weight is 226 g/mol. The van der Waals surface area contributed by atoms with Crippen molar-refractivity contribution in [3.8, 4) is 6.07 Å². The Morgan fingerprint density at radius 1 is 1.67 bits per heavy atom. The molecule has 0 amide bonds. The second-order valence-electron chi connectivity index (χ2n) is 3.59. The predicted molar refractivity (Wildman–Crippen MR) is 55.1 cm³/mol. The van der Waals surface area contributed by atoms with Crippen LogP contribution in [0.5, 0.6) is 0 Å². The first kappa shape index (κ1) is 10.2. The maximum absolute atomic E-state index is 13.4. The minimum atomic E-state index is -0.531. The topological polar surface area (TPSA) is 48.7 Å². The van der Waals surface area contributed by atoms with Gasteiger partial charge in [0.2, 0.25) is 0 Å². The van der Waals surface area contributed by atoms with Gasteiger partial charge in [0.15, 0.2) is 11.6 Å². The molecule has 0 aromatic carbocycles. The minimum Gasteiger partial charge on any atom is -0.367 e. The minimum absolute atomic E-state index is 0.0391. The van der Waals surface area contributed by atoms with Crippen LogP contribution in [0.3, 0.4) is 0 Å². The summed E-state index contributed by atoms with van der Waals surface area (Å²) in [5.74, 6) is 0.225. The molecule has 3 nitrogen and oxygen atoms in total. The van der Waals surface area contributed by atoms with Gasteiger partial charge in [0.25, 0.3) is 0 Å².